The van der Waals surface area contributed by atoms with Crippen molar-refractivity contribution in [2.45, 2.75) is 19.4 Å². The summed E-state index contributed by atoms with van der Waals surface area (Å²) in [5, 5.41) is 10.3. The fourth-order valence-corrected chi connectivity index (χ4v) is 4.02. The molecule has 0 aliphatic heterocycles. The fourth-order valence-electron chi connectivity index (χ4n) is 2.64. The van der Waals surface area contributed by atoms with E-state index in [2.05, 4.69) is 4.98 Å². The standard InChI is InChI=1S/C19H16Cl2N2O4S/c1-27-12-4-2-3-11(9-12)23(16(24)7-8-17(25)26)10-15-22-19-14(28-15)6-5-13(20)18(19)21/h2-6,9H,7-8,10H2,1H3,(H,25,26). The molecule has 1 aromatic heterocycles. The van der Waals surface area contributed by atoms with Gasteiger partial charge in [-0.2, -0.15) is 0 Å². The van der Waals surface area contributed by atoms with Crippen LogP contribution in [-0.4, -0.2) is 29.1 Å². The number of thiazole rings is 1. The Labute approximate surface area is 175 Å². The molecule has 28 heavy (non-hydrogen) atoms. The van der Waals surface area contributed by atoms with E-state index < -0.39 is 5.97 Å². The van der Waals surface area contributed by atoms with E-state index in [4.69, 9.17) is 33.0 Å². The van der Waals surface area contributed by atoms with Gasteiger partial charge in [0, 0.05) is 18.2 Å². The monoisotopic (exact) mass is 438 g/mol. The molecule has 0 atom stereocenters. The third-order valence-electron chi connectivity index (χ3n) is 4.01. The van der Waals surface area contributed by atoms with E-state index in [0.29, 0.717) is 32.0 Å². The molecule has 0 bridgehead atoms. The van der Waals surface area contributed by atoms with E-state index >= 15 is 0 Å². The first-order valence-corrected chi connectivity index (χ1v) is 9.86. The molecule has 1 amide bonds. The molecule has 1 heterocycles. The number of rotatable bonds is 7. The number of halogens is 2. The summed E-state index contributed by atoms with van der Waals surface area (Å²) in [7, 11) is 1.54. The summed E-state index contributed by atoms with van der Waals surface area (Å²) in [6.45, 7) is 0.179. The smallest absolute Gasteiger partial charge is 0.303 e. The third-order valence-corrected chi connectivity index (χ3v) is 5.81. The minimum absolute atomic E-state index is 0.121. The summed E-state index contributed by atoms with van der Waals surface area (Å²) in [6.07, 6.45) is -0.370. The van der Waals surface area contributed by atoms with Crippen LogP contribution in [0.1, 0.15) is 17.8 Å². The first-order chi connectivity index (χ1) is 13.4. The molecule has 1 N–H and O–H groups in total. The number of aromatic nitrogens is 1. The van der Waals surface area contributed by atoms with Gasteiger partial charge in [-0.3, -0.25) is 9.59 Å². The van der Waals surface area contributed by atoms with Gasteiger partial charge in [-0.1, -0.05) is 29.3 Å². The van der Waals surface area contributed by atoms with Crippen LogP contribution < -0.4 is 9.64 Å². The molecule has 2 aromatic carbocycles. The lowest BCUT2D eigenvalue weighted by Gasteiger charge is -2.22. The minimum Gasteiger partial charge on any atom is -0.497 e. The number of amides is 1. The lowest BCUT2D eigenvalue weighted by Crippen LogP contribution is -2.30. The van der Waals surface area contributed by atoms with Crippen molar-refractivity contribution in [2.75, 3.05) is 12.0 Å². The number of carboxylic acid groups (broad SMARTS) is 1. The van der Waals surface area contributed by atoms with Gasteiger partial charge in [-0.05, 0) is 24.3 Å². The van der Waals surface area contributed by atoms with Crippen LogP contribution in [0, 0.1) is 0 Å². The molecule has 0 saturated carbocycles. The number of methoxy groups -OCH3 is 1. The van der Waals surface area contributed by atoms with E-state index in [-0.39, 0.29) is 25.3 Å². The van der Waals surface area contributed by atoms with Gasteiger partial charge in [0.25, 0.3) is 0 Å². The number of benzene rings is 2. The van der Waals surface area contributed by atoms with E-state index in [1.54, 1.807) is 30.3 Å². The summed E-state index contributed by atoms with van der Waals surface area (Å²) < 4.78 is 6.09. The van der Waals surface area contributed by atoms with E-state index in [1.807, 2.05) is 6.07 Å². The van der Waals surface area contributed by atoms with Crippen molar-refractivity contribution in [3.63, 3.8) is 0 Å². The average Bonchev–Trinajstić information content (AvgIpc) is 3.10. The Morgan fingerprint density at radius 1 is 1.21 bits per heavy atom. The van der Waals surface area contributed by atoms with Crippen molar-refractivity contribution in [3.05, 3.63) is 51.5 Å². The van der Waals surface area contributed by atoms with Crippen molar-refractivity contribution in [3.8, 4) is 5.75 Å². The summed E-state index contributed by atoms with van der Waals surface area (Å²) >= 11 is 13.7. The first kappa shape index (κ1) is 20.4. The fraction of sp³-hybridized carbons (Fsp3) is 0.211. The Kier molecular flexibility index (Phi) is 6.39. The van der Waals surface area contributed by atoms with Gasteiger partial charge >= 0.3 is 5.97 Å². The van der Waals surface area contributed by atoms with Gasteiger partial charge < -0.3 is 14.7 Å². The number of hydrogen-bond donors (Lipinski definition) is 1. The maximum absolute atomic E-state index is 12.7. The second-order valence-electron chi connectivity index (χ2n) is 5.89. The Morgan fingerprint density at radius 3 is 2.71 bits per heavy atom. The highest BCUT2D eigenvalue weighted by Gasteiger charge is 2.20. The van der Waals surface area contributed by atoms with Crippen LogP contribution >= 0.6 is 34.5 Å². The molecule has 0 radical (unpaired) electrons. The molecule has 0 saturated heterocycles. The highest BCUT2D eigenvalue weighted by atomic mass is 35.5. The number of carboxylic acids is 1. The van der Waals surface area contributed by atoms with E-state index in [0.717, 1.165) is 4.70 Å². The highest BCUT2D eigenvalue weighted by molar-refractivity contribution is 7.18. The van der Waals surface area contributed by atoms with Crippen LogP contribution in [-0.2, 0) is 16.1 Å². The van der Waals surface area contributed by atoms with Crippen LogP contribution in [0.25, 0.3) is 10.2 Å². The van der Waals surface area contributed by atoms with Crippen LogP contribution in [0.5, 0.6) is 5.75 Å². The van der Waals surface area contributed by atoms with Crippen molar-refractivity contribution >= 4 is 62.3 Å². The molecular weight excluding hydrogens is 423 g/mol. The highest BCUT2D eigenvalue weighted by Crippen LogP contribution is 2.34. The Bertz CT molecular complexity index is 1040. The summed E-state index contributed by atoms with van der Waals surface area (Å²) in [6, 6.07) is 10.5. The third kappa shape index (κ3) is 4.55. The second-order valence-corrected chi connectivity index (χ2v) is 7.79. The summed E-state index contributed by atoms with van der Waals surface area (Å²) in [4.78, 5) is 29.6. The molecule has 0 fully saturated rings. The lowest BCUT2D eigenvalue weighted by atomic mass is 10.2. The lowest BCUT2D eigenvalue weighted by molar-refractivity contribution is -0.138. The van der Waals surface area contributed by atoms with Gasteiger partial charge in [0.1, 0.15) is 16.3 Å². The molecule has 0 aliphatic rings. The molecule has 146 valence electrons. The summed E-state index contributed by atoms with van der Waals surface area (Å²) in [5.41, 5.74) is 1.18. The number of nitrogens with zero attached hydrogens (tertiary/aromatic N) is 2. The van der Waals surface area contributed by atoms with Crippen molar-refractivity contribution in [2.24, 2.45) is 0 Å². The van der Waals surface area contributed by atoms with E-state index in [1.165, 1.54) is 23.3 Å². The predicted octanol–water partition coefficient (Wildman–Crippen LogP) is 5.01. The maximum Gasteiger partial charge on any atom is 0.303 e. The normalized spacial score (nSPS) is 10.8. The molecule has 0 unspecified atom stereocenters. The predicted molar refractivity (Wildman–Crippen MR) is 111 cm³/mol. The Morgan fingerprint density at radius 2 is 2.00 bits per heavy atom. The second kappa shape index (κ2) is 8.77. The summed E-state index contributed by atoms with van der Waals surface area (Å²) in [5.74, 6) is -0.757. The molecule has 3 aromatic rings. The number of carbonyl (C=O) groups is 2. The molecule has 3 rings (SSSR count). The van der Waals surface area contributed by atoms with Crippen molar-refractivity contribution in [1.82, 2.24) is 4.98 Å². The van der Waals surface area contributed by atoms with Crippen molar-refractivity contribution < 1.29 is 19.4 Å². The zero-order chi connectivity index (χ0) is 20.3. The average molecular weight is 439 g/mol. The largest absolute Gasteiger partial charge is 0.497 e. The van der Waals surface area contributed by atoms with Crippen LogP contribution in [0.15, 0.2) is 36.4 Å². The quantitative estimate of drug-likeness (QED) is 0.560. The number of ether oxygens (including phenoxy) is 1. The van der Waals surface area contributed by atoms with Gasteiger partial charge in [-0.25, -0.2) is 4.98 Å². The zero-order valence-electron chi connectivity index (χ0n) is 14.8. The number of carbonyl (C=O) groups excluding carboxylic acids is 1. The number of fused-ring (bicyclic) bond motifs is 1. The SMILES string of the molecule is COc1cccc(N(Cc2nc3c(Cl)c(Cl)ccc3s2)C(=O)CCC(=O)O)c1. The van der Waals surface area contributed by atoms with Gasteiger partial charge in [0.05, 0.1) is 34.8 Å². The topological polar surface area (TPSA) is 79.7 Å². The first-order valence-electron chi connectivity index (χ1n) is 8.28. The number of aliphatic carboxylic acids is 1. The van der Waals surface area contributed by atoms with E-state index in [9.17, 15) is 9.59 Å². The maximum atomic E-state index is 12.7. The van der Waals surface area contributed by atoms with Crippen molar-refractivity contribution in [1.29, 1.82) is 0 Å². The Hall–Kier alpha value is -2.35. The molecule has 9 heteroatoms. The van der Waals surface area contributed by atoms with Crippen LogP contribution in [0.2, 0.25) is 10.0 Å². The number of hydrogen-bond acceptors (Lipinski definition) is 5. The Balaban J connectivity index is 1.95. The van der Waals surface area contributed by atoms with Gasteiger partial charge in [-0.15, -0.1) is 11.3 Å². The molecule has 0 aliphatic carbocycles. The van der Waals surface area contributed by atoms with Crippen LogP contribution in [0.3, 0.4) is 0 Å². The molecule has 6 nitrogen and oxygen atoms in total. The number of anilines is 1. The molecule has 0 spiro atoms. The zero-order valence-corrected chi connectivity index (χ0v) is 17.1. The van der Waals surface area contributed by atoms with Gasteiger partial charge in [0.2, 0.25) is 5.91 Å². The minimum atomic E-state index is -1.03. The molecular formula is C19H16Cl2N2O4S. The van der Waals surface area contributed by atoms with Gasteiger partial charge in [0.15, 0.2) is 0 Å². The van der Waals surface area contributed by atoms with Crippen LogP contribution in [0.4, 0.5) is 5.69 Å².